The van der Waals surface area contributed by atoms with Gasteiger partial charge >= 0.3 is 5.97 Å². The van der Waals surface area contributed by atoms with Crippen molar-refractivity contribution in [3.05, 3.63) is 28.5 Å². The van der Waals surface area contributed by atoms with Crippen LogP contribution in [0, 0.1) is 11.3 Å². The smallest absolute Gasteiger partial charge is 0.332 e. The summed E-state index contributed by atoms with van der Waals surface area (Å²) in [5.41, 5.74) is 0. The molecule has 0 aromatic carbocycles. The summed E-state index contributed by atoms with van der Waals surface area (Å²) in [6, 6.07) is 5.60. The molecule has 0 spiro atoms. The van der Waals surface area contributed by atoms with Crippen molar-refractivity contribution in [2.75, 3.05) is 0 Å². The molecule has 4 heteroatoms. The van der Waals surface area contributed by atoms with Gasteiger partial charge in [-0.15, -0.1) is 11.3 Å². The van der Waals surface area contributed by atoms with Crippen LogP contribution in [0.3, 0.4) is 0 Å². The van der Waals surface area contributed by atoms with Gasteiger partial charge in [-0.1, -0.05) is 6.07 Å². The number of hydrogen-bond donors (Lipinski definition) is 0. The number of hydrogen-bond acceptors (Lipinski definition) is 4. The van der Waals surface area contributed by atoms with E-state index in [1.807, 2.05) is 23.6 Å². The maximum Gasteiger partial charge on any atom is 0.332 e. The molecule has 0 saturated carbocycles. The Bertz CT molecular complexity index is 362. The highest BCUT2D eigenvalue weighted by Crippen LogP contribution is 2.10. The van der Waals surface area contributed by atoms with Crippen molar-refractivity contribution in [1.29, 1.82) is 5.26 Å². The van der Waals surface area contributed by atoms with E-state index in [4.69, 9.17) is 10.00 Å². The third-order valence-electron chi connectivity index (χ3n) is 1.40. The first-order valence-corrected chi connectivity index (χ1v) is 4.92. The first-order chi connectivity index (χ1) is 6.72. The van der Waals surface area contributed by atoms with E-state index in [0.29, 0.717) is 0 Å². The summed E-state index contributed by atoms with van der Waals surface area (Å²) in [7, 11) is 0. The Hall–Kier alpha value is -1.60. The summed E-state index contributed by atoms with van der Waals surface area (Å²) in [5, 5.41) is 10.3. The molecule has 0 aliphatic carbocycles. The zero-order valence-electron chi connectivity index (χ0n) is 7.64. The molecule has 1 aromatic heterocycles. The van der Waals surface area contributed by atoms with Crippen LogP contribution in [0.1, 0.15) is 11.8 Å². The fourth-order valence-corrected chi connectivity index (χ4v) is 1.39. The summed E-state index contributed by atoms with van der Waals surface area (Å²) in [5.74, 6) is -0.493. The molecule has 0 saturated heterocycles. The van der Waals surface area contributed by atoms with Crippen molar-refractivity contribution in [2.45, 2.75) is 13.0 Å². The molecule has 14 heavy (non-hydrogen) atoms. The van der Waals surface area contributed by atoms with Crippen molar-refractivity contribution in [3.8, 4) is 6.07 Å². The van der Waals surface area contributed by atoms with Crippen LogP contribution in [-0.2, 0) is 9.53 Å². The van der Waals surface area contributed by atoms with Crippen molar-refractivity contribution in [1.82, 2.24) is 0 Å². The number of nitriles is 1. The number of carbonyl (C=O) groups is 1. The lowest BCUT2D eigenvalue weighted by Crippen LogP contribution is -2.09. The molecule has 0 aliphatic rings. The Kier molecular flexibility index (Phi) is 3.89. The predicted molar refractivity (Wildman–Crippen MR) is 54.5 cm³/mol. The van der Waals surface area contributed by atoms with E-state index >= 15 is 0 Å². The quantitative estimate of drug-likeness (QED) is 0.564. The first-order valence-electron chi connectivity index (χ1n) is 4.04. The number of rotatable bonds is 3. The number of esters is 1. The topological polar surface area (TPSA) is 50.1 Å². The van der Waals surface area contributed by atoms with Gasteiger partial charge in [-0.2, -0.15) is 5.26 Å². The summed E-state index contributed by atoms with van der Waals surface area (Å²) < 4.78 is 4.72. The molecular weight excluding hydrogens is 198 g/mol. The van der Waals surface area contributed by atoms with Crippen LogP contribution in [-0.4, -0.2) is 12.1 Å². The Labute approximate surface area is 86.2 Å². The second-order valence-electron chi connectivity index (χ2n) is 2.56. The minimum Gasteiger partial charge on any atom is -0.444 e. The van der Waals surface area contributed by atoms with Gasteiger partial charge in [0, 0.05) is 11.0 Å². The highest BCUT2D eigenvalue weighted by molar-refractivity contribution is 7.10. The Morgan fingerprint density at radius 2 is 2.57 bits per heavy atom. The second kappa shape index (κ2) is 5.20. The molecule has 0 aliphatic heterocycles. The van der Waals surface area contributed by atoms with Crippen LogP contribution in [0.2, 0.25) is 0 Å². The monoisotopic (exact) mass is 207 g/mol. The van der Waals surface area contributed by atoms with E-state index in [1.54, 1.807) is 6.08 Å². The predicted octanol–water partition coefficient (Wildman–Crippen LogP) is 2.22. The van der Waals surface area contributed by atoms with Crippen molar-refractivity contribution < 1.29 is 9.53 Å². The minimum atomic E-state index is -0.699. The molecular formula is C10H9NO2S. The molecule has 1 rings (SSSR count). The third kappa shape index (κ3) is 3.42. The van der Waals surface area contributed by atoms with Crippen LogP contribution >= 0.6 is 11.3 Å². The molecule has 1 atom stereocenters. The normalized spacial score (nSPS) is 12.3. The van der Waals surface area contributed by atoms with Gasteiger partial charge < -0.3 is 4.74 Å². The number of carbonyl (C=O) groups excluding carboxylic acids is 1. The molecule has 1 aromatic rings. The highest BCUT2D eigenvalue weighted by atomic mass is 32.1. The Morgan fingerprint density at radius 3 is 3.14 bits per heavy atom. The van der Waals surface area contributed by atoms with Crippen molar-refractivity contribution >= 4 is 23.4 Å². The molecule has 3 nitrogen and oxygen atoms in total. The number of nitrogens with zero attached hydrogens (tertiary/aromatic N) is 1. The van der Waals surface area contributed by atoms with Crippen molar-refractivity contribution in [3.63, 3.8) is 0 Å². The van der Waals surface area contributed by atoms with Crippen LogP contribution in [0.5, 0.6) is 0 Å². The lowest BCUT2D eigenvalue weighted by molar-refractivity contribution is -0.139. The maximum absolute atomic E-state index is 11.1. The first kappa shape index (κ1) is 10.5. The summed E-state index contributed by atoms with van der Waals surface area (Å²) in [6.07, 6.45) is 2.28. The Morgan fingerprint density at radius 1 is 1.79 bits per heavy atom. The zero-order valence-corrected chi connectivity index (χ0v) is 8.45. The van der Waals surface area contributed by atoms with E-state index in [-0.39, 0.29) is 0 Å². The van der Waals surface area contributed by atoms with E-state index in [9.17, 15) is 4.79 Å². The number of thiophene rings is 1. The minimum absolute atomic E-state index is 0.493. The van der Waals surface area contributed by atoms with E-state index in [0.717, 1.165) is 4.88 Å². The number of ether oxygens (including phenoxy) is 1. The highest BCUT2D eigenvalue weighted by Gasteiger charge is 2.03. The molecule has 0 amide bonds. The summed E-state index contributed by atoms with van der Waals surface area (Å²) >= 11 is 1.53. The average Bonchev–Trinajstić information content (AvgIpc) is 2.67. The SMILES string of the molecule is CC(C#N)OC(=O)/C=C/c1cccs1. The van der Waals surface area contributed by atoms with Gasteiger partial charge in [-0.3, -0.25) is 0 Å². The molecule has 0 fully saturated rings. The summed E-state index contributed by atoms with van der Waals surface area (Å²) in [6.45, 7) is 1.52. The standard InChI is InChI=1S/C10H9NO2S/c1-8(7-11)13-10(12)5-4-9-3-2-6-14-9/h2-6,8H,1H3/b5-4+. The summed E-state index contributed by atoms with van der Waals surface area (Å²) in [4.78, 5) is 12.0. The van der Waals surface area contributed by atoms with Gasteiger partial charge in [0.15, 0.2) is 6.10 Å². The van der Waals surface area contributed by atoms with E-state index in [2.05, 4.69) is 0 Å². The average molecular weight is 207 g/mol. The zero-order chi connectivity index (χ0) is 10.4. The lowest BCUT2D eigenvalue weighted by atomic mass is 10.4. The largest absolute Gasteiger partial charge is 0.444 e. The molecule has 72 valence electrons. The van der Waals surface area contributed by atoms with Crippen LogP contribution in [0.15, 0.2) is 23.6 Å². The van der Waals surface area contributed by atoms with E-state index in [1.165, 1.54) is 24.3 Å². The lowest BCUT2D eigenvalue weighted by Gasteiger charge is -2.00. The van der Waals surface area contributed by atoms with Gasteiger partial charge in [0.25, 0.3) is 0 Å². The Balaban J connectivity index is 2.46. The van der Waals surface area contributed by atoms with E-state index < -0.39 is 12.1 Å². The molecule has 0 radical (unpaired) electrons. The molecule has 1 heterocycles. The van der Waals surface area contributed by atoms with Crippen LogP contribution < -0.4 is 0 Å². The fraction of sp³-hybridized carbons (Fsp3) is 0.200. The van der Waals surface area contributed by atoms with Crippen molar-refractivity contribution in [2.24, 2.45) is 0 Å². The van der Waals surface area contributed by atoms with Gasteiger partial charge in [0.2, 0.25) is 0 Å². The third-order valence-corrected chi connectivity index (χ3v) is 2.24. The van der Waals surface area contributed by atoms with Gasteiger partial charge in [0.05, 0.1) is 0 Å². The van der Waals surface area contributed by atoms with Gasteiger partial charge in [-0.05, 0) is 24.4 Å². The van der Waals surface area contributed by atoms with Gasteiger partial charge in [-0.25, -0.2) is 4.79 Å². The second-order valence-corrected chi connectivity index (χ2v) is 3.54. The maximum atomic E-state index is 11.1. The molecule has 1 unspecified atom stereocenters. The van der Waals surface area contributed by atoms with Gasteiger partial charge in [0.1, 0.15) is 6.07 Å². The van der Waals surface area contributed by atoms with Crippen LogP contribution in [0.25, 0.3) is 6.08 Å². The molecule has 0 N–H and O–H groups in total. The molecule has 0 bridgehead atoms. The fourth-order valence-electron chi connectivity index (χ4n) is 0.776. The van der Waals surface area contributed by atoms with Crippen LogP contribution in [0.4, 0.5) is 0 Å².